The Morgan fingerprint density at radius 2 is 1.56 bits per heavy atom. The molecule has 0 fully saturated rings. The van der Waals surface area contributed by atoms with Crippen molar-refractivity contribution in [2.75, 3.05) is 0 Å². The summed E-state index contributed by atoms with van der Waals surface area (Å²) >= 11 is 0. The van der Waals surface area contributed by atoms with Crippen LogP contribution in [-0.2, 0) is 4.43 Å². The molecule has 2 aromatic rings. The topological polar surface area (TPSA) is 29.5 Å². The molecule has 0 unspecified atom stereocenters. The highest BCUT2D eigenvalue weighted by Gasteiger charge is 2.51. The quantitative estimate of drug-likeness (QED) is 0.204. The van der Waals surface area contributed by atoms with E-state index in [1.165, 1.54) is 15.9 Å². The number of hydrogen-bond donors (Lipinski definition) is 1. The van der Waals surface area contributed by atoms with Crippen molar-refractivity contribution < 1.29 is 9.53 Å². The van der Waals surface area contributed by atoms with Crippen molar-refractivity contribution in [1.82, 2.24) is 0 Å². The zero-order valence-electron chi connectivity index (χ0n) is 25.3. The minimum Gasteiger partial charge on any atom is -0.404 e. The van der Waals surface area contributed by atoms with Crippen molar-refractivity contribution in [3.8, 4) is 0 Å². The largest absolute Gasteiger partial charge is 0.404 e. The highest BCUT2D eigenvalue weighted by atomic mass is 28.4. The van der Waals surface area contributed by atoms with Crippen LogP contribution in [-0.4, -0.2) is 25.6 Å². The van der Waals surface area contributed by atoms with Gasteiger partial charge in [0.2, 0.25) is 0 Å². The lowest BCUT2D eigenvalue weighted by atomic mass is 9.65. The normalized spacial score (nSPS) is 21.7. The summed E-state index contributed by atoms with van der Waals surface area (Å²) in [5.41, 5.74) is 1.48. The standard InChI is InChI=1S/C36H52O2Si/c1-9-17-30(26-35-28(5)22-24-33(27(3)4)34(35)25-23-29(37)10-2)38-39(36(6,7)8,31-18-13-11-14-19-31)32-20-15-12-16-21-32/h9-16,18-22,27,29-30,33-35,37H,1-2,17,23-26H2,3-8H3/t29-,30-,33-,34-,35+/m1/s1. The third kappa shape index (κ3) is 7.31. The minimum atomic E-state index is -2.68. The first-order valence-electron chi connectivity index (χ1n) is 14.9. The van der Waals surface area contributed by atoms with Gasteiger partial charge < -0.3 is 9.53 Å². The van der Waals surface area contributed by atoms with Crippen molar-refractivity contribution >= 4 is 18.7 Å². The maximum absolute atomic E-state index is 10.4. The summed E-state index contributed by atoms with van der Waals surface area (Å²) in [4.78, 5) is 0. The number of aliphatic hydroxyl groups is 1. The van der Waals surface area contributed by atoms with Crippen LogP contribution in [0.1, 0.15) is 73.6 Å². The molecule has 0 aliphatic heterocycles. The van der Waals surface area contributed by atoms with E-state index in [1.807, 2.05) is 6.08 Å². The fourth-order valence-corrected chi connectivity index (χ4v) is 11.6. The molecule has 0 spiro atoms. The van der Waals surface area contributed by atoms with E-state index < -0.39 is 14.4 Å². The molecule has 212 valence electrons. The van der Waals surface area contributed by atoms with E-state index in [4.69, 9.17) is 4.43 Å². The molecular weight excluding hydrogens is 492 g/mol. The number of benzene rings is 2. The second kappa shape index (κ2) is 13.9. The Hall–Kier alpha value is -2.20. The van der Waals surface area contributed by atoms with Crippen LogP contribution in [0.2, 0.25) is 5.04 Å². The Morgan fingerprint density at radius 1 is 1.00 bits per heavy atom. The van der Waals surface area contributed by atoms with Gasteiger partial charge in [0.25, 0.3) is 8.32 Å². The van der Waals surface area contributed by atoms with Gasteiger partial charge in [-0.05, 0) is 78.1 Å². The Balaban J connectivity index is 2.07. The maximum Gasteiger partial charge on any atom is 0.261 e. The predicted octanol–water partition coefficient (Wildman–Crippen LogP) is 8.08. The molecule has 0 saturated carbocycles. The second-order valence-corrected chi connectivity index (χ2v) is 17.2. The van der Waals surface area contributed by atoms with Gasteiger partial charge in [0, 0.05) is 6.10 Å². The van der Waals surface area contributed by atoms with E-state index in [1.54, 1.807) is 6.08 Å². The highest BCUT2D eigenvalue weighted by molar-refractivity contribution is 6.99. The van der Waals surface area contributed by atoms with Crippen molar-refractivity contribution in [1.29, 1.82) is 0 Å². The monoisotopic (exact) mass is 544 g/mol. The smallest absolute Gasteiger partial charge is 0.261 e. The van der Waals surface area contributed by atoms with Crippen LogP contribution in [0, 0.1) is 23.7 Å². The van der Waals surface area contributed by atoms with Crippen LogP contribution < -0.4 is 10.4 Å². The third-order valence-corrected chi connectivity index (χ3v) is 14.1. The molecular formula is C36H52O2Si. The van der Waals surface area contributed by atoms with Gasteiger partial charge in [0.05, 0.1) is 6.10 Å². The lowest BCUT2D eigenvalue weighted by Crippen LogP contribution is -2.67. The Bertz CT molecular complexity index is 1030. The van der Waals surface area contributed by atoms with Crippen LogP contribution >= 0.6 is 0 Å². The molecule has 1 aliphatic rings. The van der Waals surface area contributed by atoms with Gasteiger partial charge in [0.1, 0.15) is 0 Å². The number of allylic oxidation sites excluding steroid dienone is 2. The molecule has 2 nitrogen and oxygen atoms in total. The molecule has 0 aromatic heterocycles. The molecule has 3 rings (SSSR count). The zero-order chi connectivity index (χ0) is 28.6. The number of rotatable bonds is 13. The average molecular weight is 545 g/mol. The molecule has 0 heterocycles. The highest BCUT2D eigenvalue weighted by Crippen LogP contribution is 2.45. The lowest BCUT2D eigenvalue weighted by molar-refractivity contribution is 0.0963. The van der Waals surface area contributed by atoms with E-state index >= 15 is 0 Å². The molecule has 0 radical (unpaired) electrons. The third-order valence-electron chi connectivity index (χ3n) is 8.99. The molecule has 1 aliphatic carbocycles. The first-order chi connectivity index (χ1) is 18.5. The fourth-order valence-electron chi connectivity index (χ4n) is 6.91. The van der Waals surface area contributed by atoms with Crippen LogP contribution in [0.25, 0.3) is 0 Å². The van der Waals surface area contributed by atoms with E-state index in [0.29, 0.717) is 23.7 Å². The molecule has 2 aromatic carbocycles. The van der Waals surface area contributed by atoms with Crippen LogP contribution in [0.4, 0.5) is 0 Å². The van der Waals surface area contributed by atoms with E-state index in [2.05, 4.69) is 121 Å². The number of hydrogen-bond acceptors (Lipinski definition) is 2. The van der Waals surface area contributed by atoms with Gasteiger partial charge >= 0.3 is 0 Å². The first-order valence-corrected chi connectivity index (χ1v) is 16.8. The van der Waals surface area contributed by atoms with Crippen molar-refractivity contribution in [3.05, 3.63) is 97.6 Å². The second-order valence-electron chi connectivity index (χ2n) is 12.9. The predicted molar refractivity (Wildman–Crippen MR) is 171 cm³/mol. The first kappa shape index (κ1) is 31.3. The van der Waals surface area contributed by atoms with Crippen LogP contribution in [0.5, 0.6) is 0 Å². The molecule has 0 saturated heterocycles. The SMILES string of the molecule is C=CC[C@H](C[C@H]1C(C)=CC[C@H](C(C)C)[C@H]1CC[C@H](O)C=C)O[Si](c1ccccc1)(c1ccccc1)C(C)(C)C. The molecule has 39 heavy (non-hydrogen) atoms. The lowest BCUT2D eigenvalue weighted by Gasteiger charge is -2.47. The van der Waals surface area contributed by atoms with Gasteiger partial charge in [0.15, 0.2) is 0 Å². The van der Waals surface area contributed by atoms with Crippen LogP contribution in [0.15, 0.2) is 97.6 Å². The maximum atomic E-state index is 10.4. The van der Waals surface area contributed by atoms with E-state index in [9.17, 15) is 5.11 Å². The molecule has 1 N–H and O–H groups in total. The van der Waals surface area contributed by atoms with Gasteiger partial charge in [-0.1, -0.05) is 119 Å². The molecule has 3 heteroatoms. The molecule has 0 bridgehead atoms. The number of aliphatic hydroxyl groups excluding tert-OH is 1. The van der Waals surface area contributed by atoms with Gasteiger partial charge in [-0.3, -0.25) is 0 Å². The van der Waals surface area contributed by atoms with Crippen molar-refractivity contribution in [2.45, 2.75) is 90.9 Å². The summed E-state index contributed by atoms with van der Waals surface area (Å²) in [6, 6.07) is 21.9. The Kier molecular flexibility index (Phi) is 11.2. The summed E-state index contributed by atoms with van der Waals surface area (Å²) < 4.78 is 7.63. The summed E-state index contributed by atoms with van der Waals surface area (Å²) in [7, 11) is -2.68. The average Bonchev–Trinajstić information content (AvgIpc) is 2.91. The van der Waals surface area contributed by atoms with E-state index in [0.717, 1.165) is 32.1 Å². The van der Waals surface area contributed by atoms with Gasteiger partial charge in [-0.25, -0.2) is 0 Å². The van der Waals surface area contributed by atoms with E-state index in [-0.39, 0.29) is 11.1 Å². The summed E-state index contributed by atoms with van der Waals surface area (Å²) in [6.07, 6.45) is 10.5. The minimum absolute atomic E-state index is 0.0555. The van der Waals surface area contributed by atoms with Gasteiger partial charge in [-0.2, -0.15) is 0 Å². The van der Waals surface area contributed by atoms with Crippen molar-refractivity contribution in [2.24, 2.45) is 23.7 Å². The Labute approximate surface area is 240 Å². The van der Waals surface area contributed by atoms with Crippen molar-refractivity contribution in [3.63, 3.8) is 0 Å². The summed E-state index contributed by atoms with van der Waals surface area (Å²) in [5, 5.41) is 12.9. The van der Waals surface area contributed by atoms with Gasteiger partial charge in [-0.15, -0.1) is 13.2 Å². The summed E-state index contributed by atoms with van der Waals surface area (Å²) in [5.74, 6) is 2.14. The molecule has 5 atom stereocenters. The Morgan fingerprint density at radius 3 is 2.03 bits per heavy atom. The fraction of sp³-hybridized carbons (Fsp3) is 0.500. The molecule has 0 amide bonds. The summed E-state index contributed by atoms with van der Waals surface area (Å²) in [6.45, 7) is 22.1. The zero-order valence-corrected chi connectivity index (χ0v) is 26.3. The van der Waals surface area contributed by atoms with Crippen LogP contribution in [0.3, 0.4) is 0 Å².